The maximum atomic E-state index is 5.89. The van der Waals surface area contributed by atoms with E-state index in [4.69, 9.17) is 5.73 Å². The van der Waals surface area contributed by atoms with Gasteiger partial charge in [0.05, 0.1) is 11.4 Å². The molecule has 0 amide bonds. The highest BCUT2D eigenvalue weighted by Gasteiger charge is 2.25. The van der Waals surface area contributed by atoms with Gasteiger partial charge < -0.3 is 11.1 Å². The number of hydrogen-bond acceptors (Lipinski definition) is 2. The summed E-state index contributed by atoms with van der Waals surface area (Å²) in [5, 5.41) is 3.49. The van der Waals surface area contributed by atoms with E-state index in [1.165, 1.54) is 18.4 Å². The van der Waals surface area contributed by atoms with Crippen LogP contribution in [0.25, 0.3) is 0 Å². The highest BCUT2D eigenvalue weighted by atomic mass is 14.9. The quantitative estimate of drug-likeness (QED) is 0.704. The van der Waals surface area contributed by atoms with Crippen molar-refractivity contribution in [1.82, 2.24) is 0 Å². The molecule has 1 fully saturated rings. The number of hydrogen-bond donors (Lipinski definition) is 2. The first kappa shape index (κ1) is 9.38. The molecular weight excluding hydrogens is 172 g/mol. The van der Waals surface area contributed by atoms with E-state index in [0.717, 1.165) is 17.3 Å². The summed E-state index contributed by atoms with van der Waals surface area (Å²) < 4.78 is 0. The molecule has 0 spiro atoms. The number of anilines is 2. The van der Waals surface area contributed by atoms with Crippen molar-refractivity contribution in [3.63, 3.8) is 0 Å². The van der Waals surface area contributed by atoms with E-state index < -0.39 is 0 Å². The zero-order chi connectivity index (χ0) is 10.1. The van der Waals surface area contributed by atoms with E-state index in [9.17, 15) is 0 Å². The van der Waals surface area contributed by atoms with Gasteiger partial charge in [-0.2, -0.15) is 0 Å². The highest BCUT2D eigenvalue weighted by Crippen LogP contribution is 2.31. The smallest absolute Gasteiger partial charge is 0.0578 e. The molecule has 76 valence electrons. The molecule has 0 bridgehead atoms. The van der Waals surface area contributed by atoms with Gasteiger partial charge in [0.2, 0.25) is 0 Å². The molecular formula is C12H18N2. The molecule has 1 aromatic rings. The average Bonchev–Trinajstić information content (AvgIpc) is 2.09. The summed E-state index contributed by atoms with van der Waals surface area (Å²) >= 11 is 0. The van der Waals surface area contributed by atoms with Crippen LogP contribution in [-0.4, -0.2) is 6.04 Å². The number of nitrogens with two attached hydrogens (primary N) is 1. The standard InChI is InChI=1S/C12H18N2/c1-8-3-4-11(13)12(7-8)14-10-5-9(2)6-10/h3-4,7,9-10,14H,5-6,13H2,1-2H3. The predicted molar refractivity (Wildman–Crippen MR) is 61.4 cm³/mol. The van der Waals surface area contributed by atoms with Crippen molar-refractivity contribution in [3.05, 3.63) is 23.8 Å². The minimum atomic E-state index is 0.633. The third-order valence-corrected chi connectivity index (χ3v) is 2.94. The zero-order valence-corrected chi connectivity index (χ0v) is 8.88. The Bertz CT molecular complexity index is 327. The van der Waals surface area contributed by atoms with Gasteiger partial charge in [0, 0.05) is 6.04 Å². The molecule has 1 saturated carbocycles. The first-order valence-electron chi connectivity index (χ1n) is 5.28. The maximum Gasteiger partial charge on any atom is 0.0578 e. The van der Waals surface area contributed by atoms with E-state index in [1.807, 2.05) is 12.1 Å². The van der Waals surface area contributed by atoms with Gasteiger partial charge in [-0.3, -0.25) is 0 Å². The second-order valence-corrected chi connectivity index (χ2v) is 4.51. The van der Waals surface area contributed by atoms with E-state index in [-0.39, 0.29) is 0 Å². The van der Waals surface area contributed by atoms with E-state index >= 15 is 0 Å². The van der Waals surface area contributed by atoms with Gasteiger partial charge in [0.1, 0.15) is 0 Å². The fourth-order valence-electron chi connectivity index (χ4n) is 2.04. The topological polar surface area (TPSA) is 38.0 Å². The van der Waals surface area contributed by atoms with Gasteiger partial charge in [-0.15, -0.1) is 0 Å². The lowest BCUT2D eigenvalue weighted by atomic mass is 9.82. The summed E-state index contributed by atoms with van der Waals surface area (Å²) in [6.07, 6.45) is 2.54. The van der Waals surface area contributed by atoms with Crippen molar-refractivity contribution in [2.24, 2.45) is 5.92 Å². The van der Waals surface area contributed by atoms with Crippen molar-refractivity contribution >= 4 is 11.4 Å². The largest absolute Gasteiger partial charge is 0.397 e. The number of rotatable bonds is 2. The Morgan fingerprint density at radius 1 is 1.36 bits per heavy atom. The Kier molecular flexibility index (Phi) is 2.36. The molecule has 0 aliphatic heterocycles. The Morgan fingerprint density at radius 2 is 2.07 bits per heavy atom. The predicted octanol–water partition coefficient (Wildman–Crippen LogP) is 2.79. The van der Waals surface area contributed by atoms with E-state index in [1.54, 1.807) is 0 Å². The van der Waals surface area contributed by atoms with E-state index in [2.05, 4.69) is 25.2 Å². The molecule has 0 aromatic heterocycles. The first-order valence-corrected chi connectivity index (χ1v) is 5.28. The highest BCUT2D eigenvalue weighted by molar-refractivity contribution is 5.67. The number of benzene rings is 1. The fourth-order valence-corrected chi connectivity index (χ4v) is 2.04. The van der Waals surface area contributed by atoms with E-state index in [0.29, 0.717) is 6.04 Å². The van der Waals surface area contributed by atoms with Crippen LogP contribution in [0.4, 0.5) is 11.4 Å². The van der Waals surface area contributed by atoms with Crippen LogP contribution < -0.4 is 11.1 Å². The van der Waals surface area contributed by atoms with Gasteiger partial charge in [0.15, 0.2) is 0 Å². The molecule has 3 N–H and O–H groups in total. The van der Waals surface area contributed by atoms with Crippen molar-refractivity contribution in [2.75, 3.05) is 11.1 Å². The van der Waals surface area contributed by atoms with Gasteiger partial charge in [-0.1, -0.05) is 13.0 Å². The summed E-state index contributed by atoms with van der Waals surface area (Å²) in [6.45, 7) is 4.38. The fraction of sp³-hybridized carbons (Fsp3) is 0.500. The lowest BCUT2D eigenvalue weighted by molar-refractivity contribution is 0.309. The van der Waals surface area contributed by atoms with Gasteiger partial charge in [0.25, 0.3) is 0 Å². The van der Waals surface area contributed by atoms with Crippen LogP contribution in [0.2, 0.25) is 0 Å². The molecule has 14 heavy (non-hydrogen) atoms. The monoisotopic (exact) mass is 190 g/mol. The summed E-state index contributed by atoms with van der Waals surface area (Å²) in [5.74, 6) is 0.874. The molecule has 0 heterocycles. The van der Waals surface area contributed by atoms with Crippen LogP contribution in [0.1, 0.15) is 25.3 Å². The zero-order valence-electron chi connectivity index (χ0n) is 8.88. The number of nitrogens with one attached hydrogen (secondary N) is 1. The Morgan fingerprint density at radius 3 is 2.71 bits per heavy atom. The second kappa shape index (κ2) is 3.52. The second-order valence-electron chi connectivity index (χ2n) is 4.51. The van der Waals surface area contributed by atoms with Crippen LogP contribution in [0.5, 0.6) is 0 Å². The molecule has 1 aliphatic carbocycles. The van der Waals surface area contributed by atoms with Crippen LogP contribution in [0.3, 0.4) is 0 Å². The summed E-state index contributed by atoms with van der Waals surface area (Å²) in [6, 6.07) is 6.77. The summed E-state index contributed by atoms with van der Waals surface area (Å²) in [7, 11) is 0. The van der Waals surface area contributed by atoms with Crippen LogP contribution in [-0.2, 0) is 0 Å². The van der Waals surface area contributed by atoms with Crippen molar-refractivity contribution < 1.29 is 0 Å². The van der Waals surface area contributed by atoms with Crippen LogP contribution in [0, 0.1) is 12.8 Å². The average molecular weight is 190 g/mol. The number of aryl methyl sites for hydroxylation is 1. The molecule has 0 atom stereocenters. The van der Waals surface area contributed by atoms with Crippen molar-refractivity contribution in [1.29, 1.82) is 0 Å². The lowest BCUT2D eigenvalue weighted by Gasteiger charge is -2.34. The molecule has 2 rings (SSSR count). The minimum absolute atomic E-state index is 0.633. The third kappa shape index (κ3) is 1.84. The van der Waals surface area contributed by atoms with Crippen molar-refractivity contribution in [3.8, 4) is 0 Å². The molecule has 0 unspecified atom stereocenters. The van der Waals surface area contributed by atoms with Crippen LogP contribution in [0.15, 0.2) is 18.2 Å². The molecule has 1 aromatic carbocycles. The maximum absolute atomic E-state index is 5.89. The first-order chi connectivity index (χ1) is 6.65. The van der Waals surface area contributed by atoms with Crippen molar-refractivity contribution in [2.45, 2.75) is 32.7 Å². The van der Waals surface area contributed by atoms with Gasteiger partial charge >= 0.3 is 0 Å². The molecule has 0 radical (unpaired) electrons. The van der Waals surface area contributed by atoms with Crippen LogP contribution >= 0.6 is 0 Å². The molecule has 2 heteroatoms. The van der Waals surface area contributed by atoms with Gasteiger partial charge in [-0.05, 0) is 43.4 Å². The molecule has 1 aliphatic rings. The molecule has 0 saturated heterocycles. The summed E-state index contributed by atoms with van der Waals surface area (Å²) in [4.78, 5) is 0. The Labute approximate surface area is 85.5 Å². The third-order valence-electron chi connectivity index (χ3n) is 2.94. The summed E-state index contributed by atoms with van der Waals surface area (Å²) in [5.41, 5.74) is 9.10. The SMILES string of the molecule is Cc1ccc(N)c(NC2CC(C)C2)c1. The minimum Gasteiger partial charge on any atom is -0.397 e. The Balaban J connectivity index is 2.05. The number of nitrogen functional groups attached to an aromatic ring is 1. The lowest BCUT2D eigenvalue weighted by Crippen LogP contribution is -2.34. The molecule has 2 nitrogen and oxygen atoms in total. The Hall–Kier alpha value is -1.18. The van der Waals surface area contributed by atoms with Gasteiger partial charge in [-0.25, -0.2) is 0 Å². The normalized spacial score (nSPS) is 25.6.